The molecule has 0 aliphatic heterocycles. The number of hydrogen-bond donors (Lipinski definition) is 1. The monoisotopic (exact) mass is 138 g/mol. The highest BCUT2D eigenvalue weighted by Crippen LogP contribution is 2.32. The van der Waals surface area contributed by atoms with Crippen molar-refractivity contribution in [3.8, 4) is 12.3 Å². The largest absolute Gasteiger partial charge is 0.377 e. The summed E-state index contributed by atoms with van der Waals surface area (Å²) in [5.74, 6) is 2.77. The van der Waals surface area contributed by atoms with E-state index >= 15 is 0 Å². The van der Waals surface area contributed by atoms with E-state index in [1.54, 1.807) is 0 Å². The maximum atomic E-state index is 9.71. The fourth-order valence-corrected chi connectivity index (χ4v) is 1.54. The van der Waals surface area contributed by atoms with Gasteiger partial charge in [0.05, 0.1) is 0 Å². The van der Waals surface area contributed by atoms with Crippen LogP contribution in [0, 0.1) is 18.3 Å². The van der Waals surface area contributed by atoms with Crippen molar-refractivity contribution < 1.29 is 5.11 Å². The normalized spacial score (nSPS) is 40.7. The Hall–Kier alpha value is -0.480. The molecule has 0 aromatic rings. The van der Waals surface area contributed by atoms with Crippen molar-refractivity contribution in [2.45, 2.75) is 38.2 Å². The van der Waals surface area contributed by atoms with E-state index in [2.05, 4.69) is 5.92 Å². The van der Waals surface area contributed by atoms with E-state index < -0.39 is 5.60 Å². The molecule has 0 radical (unpaired) electrons. The third-order valence-electron chi connectivity index (χ3n) is 2.51. The molecule has 0 aromatic carbocycles. The van der Waals surface area contributed by atoms with Crippen LogP contribution in [0.1, 0.15) is 32.6 Å². The first-order chi connectivity index (χ1) is 4.69. The van der Waals surface area contributed by atoms with Crippen LogP contribution >= 0.6 is 0 Å². The van der Waals surface area contributed by atoms with Crippen molar-refractivity contribution >= 4 is 0 Å². The molecule has 1 saturated carbocycles. The van der Waals surface area contributed by atoms with E-state index in [0.717, 1.165) is 19.3 Å². The van der Waals surface area contributed by atoms with Crippen LogP contribution < -0.4 is 0 Å². The van der Waals surface area contributed by atoms with E-state index in [4.69, 9.17) is 6.42 Å². The molecule has 0 aromatic heterocycles. The molecule has 0 unspecified atom stereocenters. The Kier molecular flexibility index (Phi) is 2.01. The van der Waals surface area contributed by atoms with Crippen LogP contribution in [0.4, 0.5) is 0 Å². The van der Waals surface area contributed by atoms with Crippen LogP contribution in [0.2, 0.25) is 0 Å². The Morgan fingerprint density at radius 2 is 2.30 bits per heavy atom. The Balaban J connectivity index is 2.65. The zero-order valence-electron chi connectivity index (χ0n) is 6.43. The molecular weight excluding hydrogens is 124 g/mol. The van der Waals surface area contributed by atoms with Crippen molar-refractivity contribution in [2.24, 2.45) is 5.92 Å². The standard InChI is InChI=1S/C9H14O/c1-3-9(10)7-5-4-6-8(9)2/h1,8,10H,4-7H2,2H3/t8-,9-/m1/s1. The molecule has 1 nitrogen and oxygen atoms in total. The first-order valence-corrected chi connectivity index (χ1v) is 3.89. The van der Waals surface area contributed by atoms with Gasteiger partial charge in [0.25, 0.3) is 0 Å². The lowest BCUT2D eigenvalue weighted by Crippen LogP contribution is -2.37. The highest BCUT2D eigenvalue weighted by molar-refractivity contribution is 5.10. The van der Waals surface area contributed by atoms with Crippen molar-refractivity contribution in [3.63, 3.8) is 0 Å². The lowest BCUT2D eigenvalue weighted by Gasteiger charge is -2.33. The quantitative estimate of drug-likeness (QED) is 0.504. The average Bonchev–Trinajstić information content (AvgIpc) is 1.96. The summed E-state index contributed by atoms with van der Waals surface area (Å²) in [5, 5.41) is 9.71. The average molecular weight is 138 g/mol. The summed E-state index contributed by atoms with van der Waals surface area (Å²) in [6, 6.07) is 0. The van der Waals surface area contributed by atoms with Gasteiger partial charge in [-0.1, -0.05) is 19.3 Å². The van der Waals surface area contributed by atoms with Crippen molar-refractivity contribution in [3.05, 3.63) is 0 Å². The van der Waals surface area contributed by atoms with Crippen LogP contribution in [0.5, 0.6) is 0 Å². The molecule has 0 saturated heterocycles. The van der Waals surface area contributed by atoms with E-state index in [0.29, 0.717) is 0 Å². The fraction of sp³-hybridized carbons (Fsp3) is 0.778. The summed E-state index contributed by atoms with van der Waals surface area (Å²) in [4.78, 5) is 0. The van der Waals surface area contributed by atoms with Crippen LogP contribution in [-0.2, 0) is 0 Å². The number of terminal acetylenes is 1. The second-order valence-electron chi connectivity index (χ2n) is 3.22. The van der Waals surface area contributed by atoms with Gasteiger partial charge in [0, 0.05) is 0 Å². The molecule has 0 heterocycles. The minimum Gasteiger partial charge on any atom is -0.377 e. The van der Waals surface area contributed by atoms with Gasteiger partial charge in [0.1, 0.15) is 5.60 Å². The maximum absolute atomic E-state index is 9.71. The molecule has 1 fully saturated rings. The third-order valence-corrected chi connectivity index (χ3v) is 2.51. The van der Waals surface area contributed by atoms with Gasteiger partial charge in [-0.15, -0.1) is 6.42 Å². The SMILES string of the molecule is C#C[C@@]1(O)CCCC[C@H]1C. The van der Waals surface area contributed by atoms with Crippen molar-refractivity contribution in [1.29, 1.82) is 0 Å². The molecule has 1 aliphatic rings. The molecule has 10 heavy (non-hydrogen) atoms. The minimum absolute atomic E-state index is 0.284. The van der Waals surface area contributed by atoms with Gasteiger partial charge in [-0.3, -0.25) is 0 Å². The molecule has 0 bridgehead atoms. The van der Waals surface area contributed by atoms with Gasteiger partial charge in [-0.05, 0) is 25.2 Å². The van der Waals surface area contributed by atoms with E-state index in [9.17, 15) is 5.11 Å². The van der Waals surface area contributed by atoms with Gasteiger partial charge in [-0.25, -0.2) is 0 Å². The Morgan fingerprint density at radius 1 is 1.60 bits per heavy atom. The fourth-order valence-electron chi connectivity index (χ4n) is 1.54. The number of hydrogen-bond acceptors (Lipinski definition) is 1. The zero-order valence-corrected chi connectivity index (χ0v) is 6.43. The highest BCUT2D eigenvalue weighted by Gasteiger charge is 2.33. The van der Waals surface area contributed by atoms with Crippen LogP contribution in [0.25, 0.3) is 0 Å². The van der Waals surface area contributed by atoms with E-state index in [1.807, 2.05) is 6.92 Å². The zero-order chi connectivity index (χ0) is 7.61. The van der Waals surface area contributed by atoms with Crippen LogP contribution in [-0.4, -0.2) is 10.7 Å². The lowest BCUT2D eigenvalue weighted by molar-refractivity contribution is 0.0128. The molecule has 56 valence electrons. The van der Waals surface area contributed by atoms with Crippen LogP contribution in [0.15, 0.2) is 0 Å². The summed E-state index contributed by atoms with van der Waals surface area (Å²) < 4.78 is 0. The molecular formula is C9H14O. The van der Waals surface area contributed by atoms with E-state index in [1.165, 1.54) is 6.42 Å². The summed E-state index contributed by atoms with van der Waals surface area (Å²) in [7, 11) is 0. The van der Waals surface area contributed by atoms with Gasteiger partial charge in [0.15, 0.2) is 0 Å². The van der Waals surface area contributed by atoms with Crippen molar-refractivity contribution in [2.75, 3.05) is 0 Å². The Morgan fingerprint density at radius 3 is 2.70 bits per heavy atom. The predicted molar refractivity (Wildman–Crippen MR) is 41.4 cm³/mol. The van der Waals surface area contributed by atoms with Gasteiger partial charge in [0.2, 0.25) is 0 Å². The molecule has 1 heteroatoms. The number of aliphatic hydroxyl groups is 1. The first-order valence-electron chi connectivity index (χ1n) is 3.89. The molecule has 0 spiro atoms. The topological polar surface area (TPSA) is 20.2 Å². The van der Waals surface area contributed by atoms with E-state index in [-0.39, 0.29) is 5.92 Å². The molecule has 1 N–H and O–H groups in total. The highest BCUT2D eigenvalue weighted by atomic mass is 16.3. The summed E-state index contributed by atoms with van der Waals surface area (Å²) >= 11 is 0. The molecule has 0 amide bonds. The Labute approximate surface area is 62.4 Å². The smallest absolute Gasteiger partial charge is 0.127 e. The summed E-state index contributed by atoms with van der Waals surface area (Å²) in [5.41, 5.74) is -0.793. The first kappa shape index (κ1) is 7.63. The second-order valence-corrected chi connectivity index (χ2v) is 3.22. The molecule has 1 aliphatic carbocycles. The third kappa shape index (κ3) is 1.17. The number of rotatable bonds is 0. The Bertz CT molecular complexity index is 157. The van der Waals surface area contributed by atoms with Gasteiger partial charge < -0.3 is 5.11 Å². The summed E-state index contributed by atoms with van der Waals surface area (Å²) in [6.07, 6.45) is 9.37. The van der Waals surface area contributed by atoms with Crippen molar-refractivity contribution in [1.82, 2.24) is 0 Å². The maximum Gasteiger partial charge on any atom is 0.127 e. The minimum atomic E-state index is -0.793. The lowest BCUT2D eigenvalue weighted by atomic mass is 9.77. The van der Waals surface area contributed by atoms with Gasteiger partial charge >= 0.3 is 0 Å². The second kappa shape index (κ2) is 2.64. The predicted octanol–water partition coefficient (Wildman–Crippen LogP) is 1.56. The summed E-state index contributed by atoms with van der Waals surface area (Å²) in [6.45, 7) is 2.03. The van der Waals surface area contributed by atoms with Crippen LogP contribution in [0.3, 0.4) is 0 Å². The molecule has 2 atom stereocenters. The molecule has 1 rings (SSSR count). The van der Waals surface area contributed by atoms with Gasteiger partial charge in [-0.2, -0.15) is 0 Å².